The highest BCUT2D eigenvalue weighted by Gasteiger charge is 2.24. The quantitative estimate of drug-likeness (QED) is 0.605. The number of carbonyl (C=O) groups is 1. The summed E-state index contributed by atoms with van der Waals surface area (Å²) in [4.78, 5) is 24.1. The molecule has 3 rings (SSSR count). The lowest BCUT2D eigenvalue weighted by Crippen LogP contribution is -2.24. The molecule has 2 N–H and O–H groups in total. The molecule has 0 spiro atoms. The van der Waals surface area contributed by atoms with E-state index in [9.17, 15) is 4.79 Å². The summed E-state index contributed by atoms with van der Waals surface area (Å²) in [7, 11) is 0. The summed E-state index contributed by atoms with van der Waals surface area (Å²) in [6.07, 6.45) is 3.65. The smallest absolute Gasteiger partial charge is 0.355 e. The first kappa shape index (κ1) is 21.9. The SMILES string of the molecule is CCc1c(Cc2ccc(/C=C3\N=C(C)C(C)=C3C)[nH]2)[nH]c(C(=O)OC(C)(C)C)c1C. The van der Waals surface area contributed by atoms with Gasteiger partial charge in [-0.15, -0.1) is 0 Å². The molecule has 5 heteroatoms. The Kier molecular flexibility index (Phi) is 5.93. The molecule has 3 heterocycles. The zero-order chi connectivity index (χ0) is 22.2. The topological polar surface area (TPSA) is 70.2 Å². The Balaban J connectivity index is 1.84. The minimum atomic E-state index is -0.519. The van der Waals surface area contributed by atoms with Crippen molar-refractivity contribution in [3.05, 3.63) is 62.9 Å². The second kappa shape index (κ2) is 8.13. The number of esters is 1. The Bertz CT molecular complexity index is 1070. The first-order valence-electron chi connectivity index (χ1n) is 10.6. The van der Waals surface area contributed by atoms with Crippen LogP contribution in [0.5, 0.6) is 0 Å². The molecule has 2 aromatic heterocycles. The van der Waals surface area contributed by atoms with Crippen LogP contribution in [-0.4, -0.2) is 27.2 Å². The number of H-pyrrole nitrogens is 2. The molecule has 0 atom stereocenters. The lowest BCUT2D eigenvalue weighted by Gasteiger charge is -2.19. The van der Waals surface area contributed by atoms with E-state index < -0.39 is 5.60 Å². The molecule has 0 saturated carbocycles. The summed E-state index contributed by atoms with van der Waals surface area (Å²) in [5.41, 5.74) is 9.91. The molecule has 0 amide bonds. The van der Waals surface area contributed by atoms with Crippen LogP contribution >= 0.6 is 0 Å². The molecule has 1 aliphatic heterocycles. The molecule has 30 heavy (non-hydrogen) atoms. The van der Waals surface area contributed by atoms with Gasteiger partial charge in [0, 0.05) is 29.2 Å². The third kappa shape index (κ3) is 4.50. The van der Waals surface area contributed by atoms with Gasteiger partial charge in [0.05, 0.1) is 5.70 Å². The Morgan fingerprint density at radius 1 is 1.10 bits per heavy atom. The number of carbonyl (C=O) groups excluding carboxylic acids is 1. The maximum Gasteiger partial charge on any atom is 0.355 e. The van der Waals surface area contributed by atoms with E-state index in [0.29, 0.717) is 12.1 Å². The van der Waals surface area contributed by atoms with Crippen molar-refractivity contribution in [1.29, 1.82) is 0 Å². The van der Waals surface area contributed by atoms with Gasteiger partial charge >= 0.3 is 5.97 Å². The number of allylic oxidation sites excluding steroid dienone is 2. The van der Waals surface area contributed by atoms with Crippen molar-refractivity contribution in [3.8, 4) is 0 Å². The number of aromatic amines is 2. The molecule has 1 aliphatic rings. The summed E-state index contributed by atoms with van der Waals surface area (Å²) in [5.74, 6) is -0.301. The largest absolute Gasteiger partial charge is 0.455 e. The Morgan fingerprint density at radius 3 is 2.37 bits per heavy atom. The molecular weight excluding hydrogens is 374 g/mol. The molecule has 0 aliphatic carbocycles. The number of hydrogen-bond acceptors (Lipinski definition) is 3. The summed E-state index contributed by atoms with van der Waals surface area (Å²) >= 11 is 0. The average molecular weight is 408 g/mol. The first-order chi connectivity index (χ1) is 14.0. The number of aromatic nitrogens is 2. The van der Waals surface area contributed by atoms with E-state index in [4.69, 9.17) is 4.74 Å². The van der Waals surface area contributed by atoms with Gasteiger partial charge in [0.2, 0.25) is 0 Å². The molecule has 2 aromatic rings. The number of hydrogen-bond donors (Lipinski definition) is 2. The lowest BCUT2D eigenvalue weighted by atomic mass is 10.0. The molecule has 0 radical (unpaired) electrons. The van der Waals surface area contributed by atoms with Crippen LogP contribution < -0.4 is 0 Å². The summed E-state index contributed by atoms with van der Waals surface area (Å²) in [6.45, 7) is 16.0. The fourth-order valence-electron chi connectivity index (χ4n) is 3.80. The minimum absolute atomic E-state index is 0.301. The highest BCUT2D eigenvalue weighted by atomic mass is 16.6. The van der Waals surface area contributed by atoms with E-state index in [0.717, 1.165) is 40.5 Å². The van der Waals surface area contributed by atoms with Crippen molar-refractivity contribution in [3.63, 3.8) is 0 Å². The monoisotopic (exact) mass is 407 g/mol. The third-order valence-corrected chi connectivity index (χ3v) is 5.63. The van der Waals surface area contributed by atoms with Crippen LogP contribution in [0.3, 0.4) is 0 Å². The predicted molar refractivity (Wildman–Crippen MR) is 123 cm³/mol. The highest BCUT2D eigenvalue weighted by Crippen LogP contribution is 2.27. The third-order valence-electron chi connectivity index (χ3n) is 5.63. The van der Waals surface area contributed by atoms with Crippen LogP contribution in [0.15, 0.2) is 34.0 Å². The number of nitrogens with one attached hydrogen (secondary N) is 2. The first-order valence-corrected chi connectivity index (χ1v) is 10.6. The average Bonchev–Trinajstić information content (AvgIpc) is 3.28. The van der Waals surface area contributed by atoms with Gasteiger partial charge in [-0.2, -0.15) is 0 Å². The van der Waals surface area contributed by atoms with Gasteiger partial charge in [0.1, 0.15) is 11.3 Å². The molecule has 160 valence electrons. The standard InChI is InChI=1S/C25H33N3O2/c1-9-20-16(4)23(24(29)30-25(6,7)8)28-22(20)13-19-11-10-18(27-19)12-21-15(3)14(2)17(5)26-21/h10-12,27-28H,9,13H2,1-8H3/b21-12-. The van der Waals surface area contributed by atoms with Crippen LogP contribution in [0.2, 0.25) is 0 Å². The van der Waals surface area contributed by atoms with Crippen LogP contribution in [0, 0.1) is 6.92 Å². The fraction of sp³-hybridized carbons (Fsp3) is 0.440. The van der Waals surface area contributed by atoms with E-state index in [1.165, 1.54) is 16.7 Å². The van der Waals surface area contributed by atoms with Crippen LogP contribution in [0.25, 0.3) is 6.08 Å². The van der Waals surface area contributed by atoms with Crippen molar-refractivity contribution >= 4 is 17.8 Å². The second-order valence-electron chi connectivity index (χ2n) is 9.03. The Labute approximate surface area is 179 Å². The zero-order valence-electron chi connectivity index (χ0n) is 19.4. The van der Waals surface area contributed by atoms with Crippen molar-refractivity contribution in [1.82, 2.24) is 9.97 Å². The number of ether oxygens (including phenoxy) is 1. The van der Waals surface area contributed by atoms with E-state index in [1.807, 2.05) is 34.6 Å². The maximum atomic E-state index is 12.6. The van der Waals surface area contributed by atoms with Crippen LogP contribution in [0.1, 0.15) is 87.2 Å². The number of nitrogens with zero attached hydrogens (tertiary/aromatic N) is 1. The van der Waals surface area contributed by atoms with E-state index >= 15 is 0 Å². The van der Waals surface area contributed by atoms with Crippen molar-refractivity contribution in [2.24, 2.45) is 4.99 Å². The van der Waals surface area contributed by atoms with Crippen LogP contribution in [-0.2, 0) is 17.6 Å². The second-order valence-corrected chi connectivity index (χ2v) is 9.03. The normalized spacial score (nSPS) is 15.9. The molecule has 5 nitrogen and oxygen atoms in total. The van der Waals surface area contributed by atoms with Crippen molar-refractivity contribution in [2.45, 2.75) is 73.8 Å². The summed E-state index contributed by atoms with van der Waals surface area (Å²) in [5, 5.41) is 0. The lowest BCUT2D eigenvalue weighted by molar-refractivity contribution is 0.00625. The predicted octanol–water partition coefficient (Wildman–Crippen LogP) is 5.91. The van der Waals surface area contributed by atoms with Gasteiger partial charge in [-0.1, -0.05) is 6.92 Å². The number of rotatable bonds is 5. The van der Waals surface area contributed by atoms with Gasteiger partial charge in [0.15, 0.2) is 0 Å². The van der Waals surface area contributed by atoms with Gasteiger partial charge in [-0.3, -0.25) is 4.99 Å². The zero-order valence-corrected chi connectivity index (χ0v) is 19.4. The van der Waals surface area contributed by atoms with Gasteiger partial charge < -0.3 is 14.7 Å². The minimum Gasteiger partial charge on any atom is -0.455 e. The molecule has 0 fully saturated rings. The summed E-state index contributed by atoms with van der Waals surface area (Å²) < 4.78 is 5.57. The van der Waals surface area contributed by atoms with Gasteiger partial charge in [-0.25, -0.2) is 4.79 Å². The molecular formula is C25H33N3O2. The fourth-order valence-corrected chi connectivity index (χ4v) is 3.80. The highest BCUT2D eigenvalue weighted by molar-refractivity contribution is 6.03. The number of aliphatic imine (C=N–C) groups is 1. The molecule has 0 aromatic carbocycles. The van der Waals surface area contributed by atoms with Gasteiger partial charge in [0.25, 0.3) is 0 Å². The van der Waals surface area contributed by atoms with E-state index in [-0.39, 0.29) is 5.97 Å². The molecule has 0 bridgehead atoms. The summed E-state index contributed by atoms with van der Waals surface area (Å²) in [6, 6.07) is 4.16. The van der Waals surface area contributed by atoms with Crippen molar-refractivity contribution < 1.29 is 9.53 Å². The maximum absolute atomic E-state index is 12.6. The van der Waals surface area contributed by atoms with Crippen molar-refractivity contribution in [2.75, 3.05) is 0 Å². The molecule has 0 unspecified atom stereocenters. The van der Waals surface area contributed by atoms with E-state index in [2.05, 4.69) is 53.9 Å². The van der Waals surface area contributed by atoms with E-state index in [1.54, 1.807) is 0 Å². The van der Waals surface area contributed by atoms with Gasteiger partial charge in [-0.05, 0) is 95.4 Å². The van der Waals surface area contributed by atoms with Crippen LogP contribution in [0.4, 0.5) is 0 Å². The Hall–Kier alpha value is -2.82. The molecule has 0 saturated heterocycles. The Morgan fingerprint density at radius 2 is 1.80 bits per heavy atom.